The molecule has 0 saturated heterocycles. The number of nitrogens with one attached hydrogen (secondary N) is 1. The Kier molecular flexibility index (Phi) is 6.96. The summed E-state index contributed by atoms with van der Waals surface area (Å²) in [6, 6.07) is 7.06. The summed E-state index contributed by atoms with van der Waals surface area (Å²) in [6.07, 6.45) is 2.88. The monoisotopic (exact) mass is 309 g/mol. The van der Waals surface area contributed by atoms with Gasteiger partial charge < -0.3 is 10.1 Å². The average Bonchev–Trinajstić information content (AvgIpc) is 2.44. The minimum Gasteiger partial charge on any atom is -0.452 e. The van der Waals surface area contributed by atoms with E-state index in [2.05, 4.69) is 5.32 Å². The number of rotatable bonds is 6. The largest absolute Gasteiger partial charge is 0.452 e. The van der Waals surface area contributed by atoms with Crippen molar-refractivity contribution in [1.82, 2.24) is 5.32 Å². The van der Waals surface area contributed by atoms with E-state index in [4.69, 9.17) is 16.3 Å². The SMILES string of the molecule is CC(C)[C@@H](C)NC(=O)COC(=O)/C=C/c1ccc(Cl)cc1. The highest BCUT2D eigenvalue weighted by molar-refractivity contribution is 6.30. The van der Waals surface area contributed by atoms with Crippen LogP contribution in [0.3, 0.4) is 0 Å². The minimum atomic E-state index is -0.558. The summed E-state index contributed by atoms with van der Waals surface area (Å²) in [7, 11) is 0. The highest BCUT2D eigenvalue weighted by atomic mass is 35.5. The van der Waals surface area contributed by atoms with Crippen molar-refractivity contribution in [2.45, 2.75) is 26.8 Å². The molecule has 0 aliphatic carbocycles. The van der Waals surface area contributed by atoms with Gasteiger partial charge in [0.25, 0.3) is 5.91 Å². The Hall–Kier alpha value is -1.81. The molecule has 1 aromatic carbocycles. The van der Waals surface area contributed by atoms with Crippen LogP contribution in [0.5, 0.6) is 0 Å². The molecule has 5 heteroatoms. The minimum absolute atomic E-state index is 0.0424. The lowest BCUT2D eigenvalue weighted by Crippen LogP contribution is -2.38. The molecule has 0 bridgehead atoms. The zero-order chi connectivity index (χ0) is 15.8. The fourth-order valence-electron chi connectivity index (χ4n) is 1.39. The van der Waals surface area contributed by atoms with Crippen LogP contribution in [0.15, 0.2) is 30.3 Å². The Morgan fingerprint density at radius 3 is 2.43 bits per heavy atom. The lowest BCUT2D eigenvalue weighted by molar-refractivity contribution is -0.144. The van der Waals surface area contributed by atoms with Gasteiger partial charge in [-0.05, 0) is 36.6 Å². The van der Waals surface area contributed by atoms with E-state index in [-0.39, 0.29) is 18.6 Å². The quantitative estimate of drug-likeness (QED) is 0.649. The molecule has 0 unspecified atom stereocenters. The molecule has 0 radical (unpaired) electrons. The second-order valence-electron chi connectivity index (χ2n) is 5.09. The third-order valence-corrected chi connectivity index (χ3v) is 3.27. The van der Waals surface area contributed by atoms with Crippen molar-refractivity contribution in [1.29, 1.82) is 0 Å². The van der Waals surface area contributed by atoms with E-state index >= 15 is 0 Å². The maximum Gasteiger partial charge on any atom is 0.331 e. The maximum atomic E-state index is 11.5. The Bertz CT molecular complexity index is 509. The number of ether oxygens (including phenoxy) is 1. The Morgan fingerprint density at radius 1 is 1.24 bits per heavy atom. The first kappa shape index (κ1) is 17.2. The van der Waals surface area contributed by atoms with Gasteiger partial charge in [0.2, 0.25) is 0 Å². The van der Waals surface area contributed by atoms with Gasteiger partial charge >= 0.3 is 5.97 Å². The standard InChI is InChI=1S/C16H20ClNO3/c1-11(2)12(3)18-15(19)10-21-16(20)9-6-13-4-7-14(17)8-5-13/h4-9,11-12H,10H2,1-3H3,(H,18,19)/b9-6+/t12-/m1/s1. The van der Waals surface area contributed by atoms with Crippen LogP contribution in [0.4, 0.5) is 0 Å². The second-order valence-corrected chi connectivity index (χ2v) is 5.53. The van der Waals surface area contributed by atoms with Gasteiger partial charge in [-0.2, -0.15) is 0 Å². The molecule has 4 nitrogen and oxygen atoms in total. The molecule has 21 heavy (non-hydrogen) atoms. The lowest BCUT2D eigenvalue weighted by Gasteiger charge is -2.16. The van der Waals surface area contributed by atoms with Crippen LogP contribution in [0, 0.1) is 5.92 Å². The number of amides is 1. The molecular formula is C16H20ClNO3. The first-order chi connectivity index (χ1) is 9.88. The van der Waals surface area contributed by atoms with Crippen molar-refractivity contribution < 1.29 is 14.3 Å². The van der Waals surface area contributed by atoms with Crippen molar-refractivity contribution in [3.05, 3.63) is 40.9 Å². The Labute approximate surface area is 130 Å². The first-order valence-corrected chi connectivity index (χ1v) is 7.16. The molecule has 0 aromatic heterocycles. The summed E-state index contributed by atoms with van der Waals surface area (Å²) in [4.78, 5) is 23.0. The fraction of sp³-hybridized carbons (Fsp3) is 0.375. The second kappa shape index (κ2) is 8.47. The molecule has 0 saturated carbocycles. The molecule has 0 aliphatic heterocycles. The number of hydrogen-bond donors (Lipinski definition) is 1. The molecule has 114 valence electrons. The summed E-state index contributed by atoms with van der Waals surface area (Å²) in [5.41, 5.74) is 0.828. The maximum absolute atomic E-state index is 11.5. The average molecular weight is 310 g/mol. The third kappa shape index (κ3) is 6.95. The number of hydrogen-bond acceptors (Lipinski definition) is 3. The summed E-state index contributed by atoms with van der Waals surface area (Å²) in [5, 5.41) is 3.39. The lowest BCUT2D eigenvalue weighted by atomic mass is 10.1. The van der Waals surface area contributed by atoms with Crippen LogP contribution in [-0.2, 0) is 14.3 Å². The summed E-state index contributed by atoms with van der Waals surface area (Å²) < 4.78 is 4.87. The van der Waals surface area contributed by atoms with Crippen molar-refractivity contribution >= 4 is 29.6 Å². The van der Waals surface area contributed by atoms with Gasteiger partial charge in [-0.3, -0.25) is 4.79 Å². The molecule has 1 atom stereocenters. The summed E-state index contributed by atoms with van der Waals surface area (Å²) >= 11 is 5.76. The van der Waals surface area contributed by atoms with Gasteiger partial charge in [0.1, 0.15) is 0 Å². The Morgan fingerprint density at radius 2 is 1.86 bits per heavy atom. The third-order valence-electron chi connectivity index (χ3n) is 3.02. The predicted molar refractivity (Wildman–Crippen MR) is 83.9 cm³/mol. The first-order valence-electron chi connectivity index (χ1n) is 6.78. The van der Waals surface area contributed by atoms with E-state index < -0.39 is 5.97 Å². The highest BCUT2D eigenvalue weighted by Gasteiger charge is 2.11. The molecule has 1 amide bonds. The Balaban J connectivity index is 2.37. The molecule has 1 rings (SSSR count). The van der Waals surface area contributed by atoms with Crippen LogP contribution < -0.4 is 5.32 Å². The van der Waals surface area contributed by atoms with Gasteiger partial charge in [0.05, 0.1) is 0 Å². The van der Waals surface area contributed by atoms with Crippen molar-refractivity contribution in [3.63, 3.8) is 0 Å². The number of benzene rings is 1. The van der Waals surface area contributed by atoms with Crippen molar-refractivity contribution in [2.24, 2.45) is 5.92 Å². The fourth-order valence-corrected chi connectivity index (χ4v) is 1.51. The van der Waals surface area contributed by atoms with Crippen molar-refractivity contribution in [3.8, 4) is 0 Å². The van der Waals surface area contributed by atoms with Crippen LogP contribution in [0.25, 0.3) is 6.08 Å². The van der Waals surface area contributed by atoms with Crippen LogP contribution in [0.2, 0.25) is 5.02 Å². The topological polar surface area (TPSA) is 55.4 Å². The molecule has 0 aliphatic rings. The van der Waals surface area contributed by atoms with E-state index in [9.17, 15) is 9.59 Å². The molecule has 0 fully saturated rings. The van der Waals surface area contributed by atoms with E-state index in [0.29, 0.717) is 10.9 Å². The number of halogens is 1. The highest BCUT2D eigenvalue weighted by Crippen LogP contribution is 2.10. The van der Waals surface area contributed by atoms with Crippen LogP contribution in [-0.4, -0.2) is 24.5 Å². The van der Waals surface area contributed by atoms with Crippen LogP contribution >= 0.6 is 11.6 Å². The molecule has 1 aromatic rings. The van der Waals surface area contributed by atoms with E-state index in [1.54, 1.807) is 30.3 Å². The summed E-state index contributed by atoms with van der Waals surface area (Å²) in [5.74, 6) is -0.531. The molecule has 0 spiro atoms. The van der Waals surface area contributed by atoms with Gasteiger partial charge in [-0.25, -0.2) is 4.79 Å². The number of carbonyl (C=O) groups excluding carboxylic acids is 2. The zero-order valence-electron chi connectivity index (χ0n) is 12.4. The summed E-state index contributed by atoms with van der Waals surface area (Å²) in [6.45, 7) is 5.64. The predicted octanol–water partition coefficient (Wildman–Crippen LogP) is 3.06. The van der Waals surface area contributed by atoms with Gasteiger partial charge in [-0.1, -0.05) is 37.6 Å². The molecule has 1 N–H and O–H groups in total. The van der Waals surface area contributed by atoms with Crippen LogP contribution in [0.1, 0.15) is 26.3 Å². The van der Waals surface area contributed by atoms with Gasteiger partial charge in [-0.15, -0.1) is 0 Å². The van der Waals surface area contributed by atoms with E-state index in [0.717, 1.165) is 5.56 Å². The van der Waals surface area contributed by atoms with E-state index in [1.807, 2.05) is 20.8 Å². The zero-order valence-corrected chi connectivity index (χ0v) is 13.2. The van der Waals surface area contributed by atoms with Gasteiger partial charge in [0.15, 0.2) is 6.61 Å². The molecule has 0 heterocycles. The normalized spacial score (nSPS) is 12.4. The smallest absolute Gasteiger partial charge is 0.331 e. The number of esters is 1. The molecular weight excluding hydrogens is 290 g/mol. The van der Waals surface area contributed by atoms with E-state index in [1.165, 1.54) is 6.08 Å². The van der Waals surface area contributed by atoms with Gasteiger partial charge in [0, 0.05) is 17.1 Å². The number of carbonyl (C=O) groups is 2. The van der Waals surface area contributed by atoms with Crippen molar-refractivity contribution in [2.75, 3.05) is 6.61 Å².